The van der Waals surface area contributed by atoms with Crippen LogP contribution in [0.5, 0.6) is 11.5 Å². The number of benzene rings is 1. The van der Waals surface area contributed by atoms with Gasteiger partial charge in [0, 0.05) is 0 Å². The van der Waals surface area contributed by atoms with Crippen molar-refractivity contribution in [3.63, 3.8) is 0 Å². The highest BCUT2D eigenvalue weighted by molar-refractivity contribution is 5.57. The van der Waals surface area contributed by atoms with Gasteiger partial charge in [-0.25, -0.2) is 0 Å². The Labute approximate surface area is 105 Å². The molecular weight excluding hydrogens is 228 g/mol. The molecule has 2 bridgehead atoms. The van der Waals surface area contributed by atoms with E-state index in [1.54, 1.807) is 12.1 Å². The predicted molar refractivity (Wildman–Crippen MR) is 66.4 cm³/mol. The number of fused-ring (bicyclic) bond motifs is 2. The topological polar surface area (TPSA) is 49.7 Å². The van der Waals surface area contributed by atoms with Gasteiger partial charge in [-0.05, 0) is 48.1 Å². The van der Waals surface area contributed by atoms with Crippen LogP contribution in [-0.2, 0) is 16.6 Å². The summed E-state index contributed by atoms with van der Waals surface area (Å²) in [6.45, 7) is 0.746. The molecule has 1 fully saturated rings. The summed E-state index contributed by atoms with van der Waals surface area (Å²) in [6, 6.07) is 3.40. The van der Waals surface area contributed by atoms with Gasteiger partial charge in [0.15, 0.2) is 11.5 Å². The lowest BCUT2D eigenvalue weighted by Gasteiger charge is -2.44. The van der Waals surface area contributed by atoms with Crippen LogP contribution in [0.15, 0.2) is 36.1 Å². The van der Waals surface area contributed by atoms with Crippen LogP contribution in [0, 0.1) is 5.92 Å². The number of hydrogen-bond acceptors (Lipinski definition) is 3. The van der Waals surface area contributed by atoms with Gasteiger partial charge in [0.25, 0.3) is 0 Å². The van der Waals surface area contributed by atoms with Gasteiger partial charge in [-0.1, -0.05) is 12.2 Å². The summed E-state index contributed by atoms with van der Waals surface area (Å²) in [4.78, 5) is 0. The monoisotopic (exact) mass is 242 g/mol. The minimum absolute atomic E-state index is 0.0291. The van der Waals surface area contributed by atoms with Gasteiger partial charge in [0.1, 0.15) is 5.76 Å². The molecule has 2 atom stereocenters. The highest BCUT2D eigenvalue weighted by Gasteiger charge is 2.47. The number of phenols is 2. The Kier molecular flexibility index (Phi) is 1.74. The average Bonchev–Trinajstić information content (AvgIpc) is 2.75. The lowest BCUT2D eigenvalue weighted by atomic mass is 9.65. The second-order valence-electron chi connectivity index (χ2n) is 5.44. The summed E-state index contributed by atoms with van der Waals surface area (Å²) in [5.41, 5.74) is 2.00. The Balaban J connectivity index is 2.00. The summed E-state index contributed by atoms with van der Waals surface area (Å²) in [7, 11) is 0. The first-order valence-corrected chi connectivity index (χ1v) is 6.27. The van der Waals surface area contributed by atoms with Crippen molar-refractivity contribution < 1.29 is 14.9 Å². The predicted octanol–water partition coefficient (Wildman–Crippen LogP) is 2.38. The molecule has 0 saturated carbocycles. The molecule has 0 aromatic heterocycles. The van der Waals surface area contributed by atoms with Crippen LogP contribution in [-0.4, -0.2) is 16.8 Å². The van der Waals surface area contributed by atoms with Crippen molar-refractivity contribution >= 4 is 0 Å². The van der Waals surface area contributed by atoms with E-state index in [1.165, 1.54) is 0 Å². The summed E-state index contributed by atoms with van der Waals surface area (Å²) >= 11 is 0. The third kappa shape index (κ3) is 1.09. The zero-order chi connectivity index (χ0) is 12.3. The molecule has 2 N–H and O–H groups in total. The molecule has 3 nitrogen and oxygen atoms in total. The number of aromatic hydroxyl groups is 2. The van der Waals surface area contributed by atoms with E-state index in [2.05, 4.69) is 6.08 Å². The first-order chi connectivity index (χ1) is 8.69. The fraction of sp³-hybridized carbons (Fsp3) is 0.333. The largest absolute Gasteiger partial charge is 0.504 e. The fourth-order valence-electron chi connectivity index (χ4n) is 3.58. The summed E-state index contributed by atoms with van der Waals surface area (Å²) in [5, 5.41) is 19.4. The van der Waals surface area contributed by atoms with Gasteiger partial charge in [0.2, 0.25) is 0 Å². The maximum absolute atomic E-state index is 9.75. The Hall–Kier alpha value is -1.90. The summed E-state index contributed by atoms with van der Waals surface area (Å²) < 4.78 is 5.84. The molecule has 18 heavy (non-hydrogen) atoms. The third-order valence-corrected chi connectivity index (χ3v) is 4.34. The molecule has 1 heterocycles. The molecule has 2 unspecified atom stereocenters. The average molecular weight is 242 g/mol. The van der Waals surface area contributed by atoms with Crippen molar-refractivity contribution in [3.8, 4) is 11.5 Å². The normalized spacial score (nSPS) is 31.3. The van der Waals surface area contributed by atoms with Gasteiger partial charge in [-0.2, -0.15) is 0 Å². The Morgan fingerprint density at radius 2 is 2.06 bits per heavy atom. The number of ether oxygens (including phenoxy) is 1. The van der Waals surface area contributed by atoms with E-state index in [9.17, 15) is 10.2 Å². The van der Waals surface area contributed by atoms with Gasteiger partial charge < -0.3 is 14.9 Å². The molecule has 4 rings (SSSR count). The maximum atomic E-state index is 9.75. The highest BCUT2D eigenvalue weighted by atomic mass is 16.5. The molecular formula is C15H14O3. The lowest BCUT2D eigenvalue weighted by molar-refractivity contribution is 0.0710. The first-order valence-electron chi connectivity index (χ1n) is 6.27. The quantitative estimate of drug-likeness (QED) is 0.687. The Morgan fingerprint density at radius 1 is 1.22 bits per heavy atom. The molecule has 92 valence electrons. The van der Waals surface area contributed by atoms with E-state index in [4.69, 9.17) is 4.74 Å². The molecule has 0 radical (unpaired) electrons. The van der Waals surface area contributed by atoms with Crippen molar-refractivity contribution in [2.75, 3.05) is 6.61 Å². The van der Waals surface area contributed by atoms with Gasteiger partial charge in [0.05, 0.1) is 12.0 Å². The molecule has 1 spiro atoms. The molecule has 1 aromatic rings. The van der Waals surface area contributed by atoms with Crippen molar-refractivity contribution in [2.24, 2.45) is 5.92 Å². The minimum atomic E-state index is -0.207. The molecule has 1 aliphatic heterocycles. The lowest BCUT2D eigenvalue weighted by Crippen LogP contribution is -2.41. The SMILES string of the molecule is Oc1cc2c(cc1O)C13C=CC=C1OCC(C2)C3. The molecule has 3 heteroatoms. The number of phenolic OH excluding ortho intramolecular Hbond substituents is 2. The van der Waals surface area contributed by atoms with Crippen molar-refractivity contribution in [1.29, 1.82) is 0 Å². The van der Waals surface area contributed by atoms with Crippen LogP contribution in [0.4, 0.5) is 0 Å². The van der Waals surface area contributed by atoms with Gasteiger partial charge in [-0.15, -0.1) is 0 Å². The molecule has 0 amide bonds. The van der Waals surface area contributed by atoms with Crippen LogP contribution in [0.2, 0.25) is 0 Å². The van der Waals surface area contributed by atoms with E-state index in [0.29, 0.717) is 5.92 Å². The zero-order valence-electron chi connectivity index (χ0n) is 9.89. The Morgan fingerprint density at radius 3 is 2.94 bits per heavy atom. The van der Waals surface area contributed by atoms with Crippen molar-refractivity contribution in [1.82, 2.24) is 0 Å². The first kappa shape index (κ1) is 10.1. The highest BCUT2D eigenvalue weighted by Crippen LogP contribution is 2.53. The standard InChI is InChI=1S/C15H14O3/c16-12-5-10-4-9-7-15(11(10)6-13(12)17)3-1-2-14(15)18-8-9/h1-3,5-6,9,16-17H,4,7-8H2. The smallest absolute Gasteiger partial charge is 0.157 e. The van der Waals surface area contributed by atoms with Crippen LogP contribution >= 0.6 is 0 Å². The van der Waals surface area contributed by atoms with Crippen LogP contribution in [0.1, 0.15) is 17.5 Å². The fourth-order valence-corrected chi connectivity index (χ4v) is 3.58. The van der Waals surface area contributed by atoms with E-state index in [1.807, 2.05) is 12.2 Å². The molecule has 1 aromatic carbocycles. The molecule has 3 aliphatic rings. The minimum Gasteiger partial charge on any atom is -0.504 e. The zero-order valence-corrected chi connectivity index (χ0v) is 9.89. The molecule has 1 saturated heterocycles. The Bertz CT molecular complexity index is 600. The number of rotatable bonds is 0. The van der Waals surface area contributed by atoms with Crippen LogP contribution in [0.3, 0.4) is 0 Å². The van der Waals surface area contributed by atoms with Crippen molar-refractivity contribution in [3.05, 3.63) is 47.2 Å². The van der Waals surface area contributed by atoms with E-state index < -0.39 is 0 Å². The van der Waals surface area contributed by atoms with E-state index in [0.717, 1.165) is 36.3 Å². The van der Waals surface area contributed by atoms with Gasteiger partial charge >= 0.3 is 0 Å². The third-order valence-electron chi connectivity index (χ3n) is 4.34. The van der Waals surface area contributed by atoms with Crippen LogP contribution in [0.25, 0.3) is 0 Å². The number of hydrogen-bond donors (Lipinski definition) is 2. The van der Waals surface area contributed by atoms with Crippen LogP contribution < -0.4 is 0 Å². The van der Waals surface area contributed by atoms with Gasteiger partial charge in [-0.3, -0.25) is 0 Å². The molecule has 2 aliphatic carbocycles. The summed E-state index contributed by atoms with van der Waals surface area (Å²) in [6.07, 6.45) is 8.13. The second-order valence-corrected chi connectivity index (χ2v) is 5.44. The second kappa shape index (κ2) is 3.10. The van der Waals surface area contributed by atoms with E-state index >= 15 is 0 Å². The number of allylic oxidation sites excluding steroid dienone is 3. The van der Waals surface area contributed by atoms with Crippen molar-refractivity contribution in [2.45, 2.75) is 18.3 Å². The summed E-state index contributed by atoms with van der Waals surface area (Å²) in [5.74, 6) is 1.39. The van der Waals surface area contributed by atoms with E-state index in [-0.39, 0.29) is 16.9 Å². The maximum Gasteiger partial charge on any atom is 0.157 e.